The Bertz CT molecular complexity index is 819. The molecule has 2 aromatic heterocycles. The number of aromatic nitrogens is 2. The molecule has 7 heteroatoms. The summed E-state index contributed by atoms with van der Waals surface area (Å²) in [7, 11) is 0. The molecule has 0 aliphatic rings. The topological polar surface area (TPSA) is 20.7 Å². The summed E-state index contributed by atoms with van der Waals surface area (Å²) in [6.45, 7) is 0.715. The van der Waals surface area contributed by atoms with Crippen molar-refractivity contribution < 1.29 is 0 Å². The maximum Gasteiger partial charge on any atom is 0.178 e. The van der Waals surface area contributed by atoms with Crippen LogP contribution in [0, 0.1) is 4.77 Å². The van der Waals surface area contributed by atoms with Gasteiger partial charge in [0.25, 0.3) is 0 Å². The molecule has 3 aromatic rings. The van der Waals surface area contributed by atoms with Gasteiger partial charge in [-0.15, -0.1) is 11.3 Å². The number of fused-ring (bicyclic) bond motifs is 1. The van der Waals surface area contributed by atoms with Crippen molar-refractivity contribution in [3.05, 3.63) is 47.7 Å². The summed E-state index contributed by atoms with van der Waals surface area (Å²) in [6, 6.07) is 7.75. The molecule has 1 N–H and O–H groups in total. The highest BCUT2D eigenvalue weighted by molar-refractivity contribution is 9.11. The van der Waals surface area contributed by atoms with Gasteiger partial charge >= 0.3 is 0 Å². The Morgan fingerprint density at radius 2 is 2.00 bits per heavy atom. The summed E-state index contributed by atoms with van der Waals surface area (Å²) in [5, 5.41) is 1.06. The zero-order valence-corrected chi connectivity index (χ0v) is 14.1. The maximum absolute atomic E-state index is 6.08. The second-order valence-corrected chi connectivity index (χ2v) is 7.75. The highest BCUT2D eigenvalue weighted by atomic mass is 79.9. The van der Waals surface area contributed by atoms with Crippen molar-refractivity contribution in [3.8, 4) is 0 Å². The van der Waals surface area contributed by atoms with Gasteiger partial charge in [0.1, 0.15) is 0 Å². The molecule has 1 aromatic carbocycles. The number of imidazole rings is 1. The summed E-state index contributed by atoms with van der Waals surface area (Å²) in [5.41, 5.74) is 1.86. The lowest BCUT2D eigenvalue weighted by molar-refractivity contribution is 0.823. The molecule has 0 aliphatic carbocycles. The third-order valence-electron chi connectivity index (χ3n) is 2.76. The van der Waals surface area contributed by atoms with Crippen LogP contribution in [0.2, 0.25) is 10.0 Å². The van der Waals surface area contributed by atoms with E-state index in [1.54, 1.807) is 17.4 Å². The number of H-pyrrole nitrogens is 1. The van der Waals surface area contributed by atoms with Gasteiger partial charge in [0.2, 0.25) is 0 Å². The first-order valence-corrected chi connectivity index (χ1v) is 8.14. The molecule has 0 fully saturated rings. The number of thiophene rings is 1. The van der Waals surface area contributed by atoms with Gasteiger partial charge in [0.05, 0.1) is 31.4 Å². The molecule has 2 nitrogen and oxygen atoms in total. The van der Waals surface area contributed by atoms with Gasteiger partial charge in [0, 0.05) is 4.88 Å². The number of rotatable bonds is 2. The van der Waals surface area contributed by atoms with E-state index in [4.69, 9.17) is 35.4 Å². The smallest absolute Gasteiger partial charge is 0.178 e. The van der Waals surface area contributed by atoms with E-state index in [0.29, 0.717) is 21.4 Å². The Morgan fingerprint density at radius 3 is 2.68 bits per heavy atom. The van der Waals surface area contributed by atoms with Crippen molar-refractivity contribution in [1.82, 2.24) is 9.55 Å². The number of halogens is 3. The Hall–Kier alpha value is -0.330. The molecule has 0 amide bonds. The number of nitrogens with one attached hydrogen (secondary N) is 1. The molecule has 98 valence electrons. The second-order valence-electron chi connectivity index (χ2n) is 4.01. The van der Waals surface area contributed by atoms with Crippen LogP contribution in [0.15, 0.2) is 28.1 Å². The fourth-order valence-electron chi connectivity index (χ4n) is 1.90. The normalized spacial score (nSPS) is 11.3. The minimum Gasteiger partial charge on any atom is -0.331 e. The molecule has 0 aliphatic heterocycles. The summed E-state index contributed by atoms with van der Waals surface area (Å²) < 4.78 is 3.79. The standard InChI is InChI=1S/C12H7BrCl2N2S2/c13-11-2-1-6(19-11)5-17-10-4-8(15)7(14)3-9(10)16-12(17)18/h1-4H,5H2,(H,16,18). The molecule has 19 heavy (non-hydrogen) atoms. The van der Waals surface area contributed by atoms with Gasteiger partial charge in [-0.1, -0.05) is 23.2 Å². The van der Waals surface area contributed by atoms with Gasteiger partial charge in [-0.3, -0.25) is 0 Å². The van der Waals surface area contributed by atoms with Crippen molar-refractivity contribution in [2.24, 2.45) is 0 Å². The molecule has 0 spiro atoms. The van der Waals surface area contributed by atoms with E-state index in [-0.39, 0.29) is 0 Å². The molecule has 0 atom stereocenters. The SMILES string of the molecule is S=c1[nH]c2cc(Cl)c(Cl)cc2n1Cc1ccc(Br)s1. The zero-order valence-electron chi connectivity index (χ0n) is 9.41. The average Bonchev–Trinajstić information content (AvgIpc) is 2.87. The summed E-state index contributed by atoms with van der Waals surface area (Å²) in [4.78, 5) is 4.37. The second kappa shape index (κ2) is 5.22. The van der Waals surface area contributed by atoms with Crippen LogP contribution in [0.1, 0.15) is 4.88 Å². The van der Waals surface area contributed by atoms with E-state index in [9.17, 15) is 0 Å². The largest absolute Gasteiger partial charge is 0.331 e. The number of nitrogens with zero attached hydrogens (tertiary/aromatic N) is 1. The van der Waals surface area contributed by atoms with Crippen LogP contribution in [0.25, 0.3) is 11.0 Å². The maximum atomic E-state index is 6.08. The highest BCUT2D eigenvalue weighted by Gasteiger charge is 2.09. The van der Waals surface area contributed by atoms with Crippen molar-refractivity contribution in [2.75, 3.05) is 0 Å². The van der Waals surface area contributed by atoms with E-state index in [2.05, 4.69) is 27.0 Å². The van der Waals surface area contributed by atoms with E-state index in [1.165, 1.54) is 4.88 Å². The molecule has 0 unspecified atom stereocenters. The van der Waals surface area contributed by atoms with Crippen molar-refractivity contribution in [1.29, 1.82) is 0 Å². The third kappa shape index (κ3) is 2.62. The predicted octanol–water partition coefficient (Wildman–Crippen LogP) is 5.88. The number of hydrogen-bond acceptors (Lipinski definition) is 2. The first-order valence-electron chi connectivity index (χ1n) is 5.36. The summed E-state index contributed by atoms with van der Waals surface area (Å²) >= 11 is 22.6. The minimum atomic E-state index is 0.524. The van der Waals surface area contributed by atoms with Crippen LogP contribution in [0.3, 0.4) is 0 Å². The van der Waals surface area contributed by atoms with Gasteiger partial charge in [0.15, 0.2) is 4.77 Å². The lowest BCUT2D eigenvalue weighted by atomic mass is 10.3. The fourth-order valence-corrected chi connectivity index (χ4v) is 3.97. The van der Waals surface area contributed by atoms with Gasteiger partial charge in [-0.2, -0.15) is 0 Å². The Labute approximate surface area is 137 Å². The highest BCUT2D eigenvalue weighted by Crippen LogP contribution is 2.29. The van der Waals surface area contributed by atoms with E-state index in [0.717, 1.165) is 14.8 Å². The minimum absolute atomic E-state index is 0.524. The lowest BCUT2D eigenvalue weighted by Crippen LogP contribution is -1.97. The number of aromatic amines is 1. The van der Waals surface area contributed by atoms with E-state index < -0.39 is 0 Å². The Balaban J connectivity index is 2.15. The molecule has 0 radical (unpaired) electrons. The van der Waals surface area contributed by atoms with Crippen LogP contribution in [-0.2, 0) is 6.54 Å². The average molecular weight is 394 g/mol. The van der Waals surface area contributed by atoms with Crippen LogP contribution in [-0.4, -0.2) is 9.55 Å². The van der Waals surface area contributed by atoms with Crippen molar-refractivity contribution in [3.63, 3.8) is 0 Å². The Kier molecular flexibility index (Phi) is 3.75. The first-order chi connectivity index (χ1) is 9.04. The summed E-state index contributed by atoms with van der Waals surface area (Å²) in [6.07, 6.45) is 0. The molecule has 0 saturated heterocycles. The van der Waals surface area contributed by atoms with Crippen LogP contribution in [0.5, 0.6) is 0 Å². The lowest BCUT2D eigenvalue weighted by Gasteiger charge is -2.03. The van der Waals surface area contributed by atoms with Gasteiger partial charge in [-0.05, 0) is 52.4 Å². The molecular formula is C12H7BrCl2N2S2. The molecule has 3 rings (SSSR count). The molecule has 2 heterocycles. The van der Waals surface area contributed by atoms with Crippen LogP contribution in [0.4, 0.5) is 0 Å². The van der Waals surface area contributed by atoms with Crippen molar-refractivity contribution in [2.45, 2.75) is 6.54 Å². The van der Waals surface area contributed by atoms with Crippen molar-refractivity contribution >= 4 is 73.7 Å². The van der Waals surface area contributed by atoms with E-state index in [1.807, 2.05) is 16.7 Å². The molecule has 0 bridgehead atoms. The number of benzene rings is 1. The van der Waals surface area contributed by atoms with Gasteiger partial charge < -0.3 is 9.55 Å². The first kappa shape index (κ1) is 13.6. The summed E-state index contributed by atoms with van der Waals surface area (Å²) in [5.74, 6) is 0. The predicted molar refractivity (Wildman–Crippen MR) is 88.3 cm³/mol. The van der Waals surface area contributed by atoms with Gasteiger partial charge in [-0.25, -0.2) is 0 Å². The fraction of sp³-hybridized carbons (Fsp3) is 0.0833. The van der Waals surface area contributed by atoms with Crippen LogP contribution >= 0.6 is 62.7 Å². The number of hydrogen-bond donors (Lipinski definition) is 1. The molecular weight excluding hydrogens is 387 g/mol. The third-order valence-corrected chi connectivity index (χ3v) is 5.41. The Morgan fingerprint density at radius 1 is 1.26 bits per heavy atom. The quantitative estimate of drug-likeness (QED) is 0.539. The monoisotopic (exact) mass is 392 g/mol. The van der Waals surface area contributed by atoms with E-state index >= 15 is 0 Å². The molecule has 0 saturated carbocycles. The zero-order chi connectivity index (χ0) is 13.6. The van der Waals surface area contributed by atoms with Crippen LogP contribution < -0.4 is 0 Å².